The number of aryl methyl sites for hydroxylation is 3. The number of hydrogen-bond acceptors (Lipinski definition) is 2. The van der Waals surface area contributed by atoms with E-state index >= 15 is 0 Å². The van der Waals surface area contributed by atoms with Gasteiger partial charge in [-0.2, -0.15) is 5.10 Å². The van der Waals surface area contributed by atoms with E-state index in [0.717, 1.165) is 16.8 Å². The van der Waals surface area contributed by atoms with Crippen LogP contribution in [0.2, 0.25) is 0 Å². The molecule has 100 valence electrons. The Labute approximate surface area is 112 Å². The Bertz CT molecular complexity index is 575. The maximum Gasteiger partial charge on any atom is 0.310 e. The summed E-state index contributed by atoms with van der Waals surface area (Å²) in [4.78, 5) is 11.5. The van der Waals surface area contributed by atoms with Crippen LogP contribution in [-0.2, 0) is 18.3 Å². The molecule has 0 bridgehead atoms. The summed E-state index contributed by atoms with van der Waals surface area (Å²) in [6.07, 6.45) is 3.03. The van der Waals surface area contributed by atoms with E-state index in [4.69, 9.17) is 0 Å². The normalized spacial score (nSPS) is 12.3. The van der Waals surface area contributed by atoms with Gasteiger partial charge in [-0.1, -0.05) is 24.3 Å². The van der Waals surface area contributed by atoms with E-state index in [9.17, 15) is 9.90 Å². The summed E-state index contributed by atoms with van der Waals surface area (Å²) < 4.78 is 1.79. The van der Waals surface area contributed by atoms with Crippen LogP contribution in [0, 0.1) is 6.92 Å². The van der Waals surface area contributed by atoms with Gasteiger partial charge in [0, 0.05) is 18.9 Å². The zero-order chi connectivity index (χ0) is 13.8. The van der Waals surface area contributed by atoms with Crippen LogP contribution in [-0.4, -0.2) is 20.9 Å². The van der Waals surface area contributed by atoms with E-state index in [1.54, 1.807) is 10.9 Å². The van der Waals surface area contributed by atoms with Crippen LogP contribution in [0.25, 0.3) is 0 Å². The van der Waals surface area contributed by atoms with Gasteiger partial charge in [0.05, 0.1) is 5.92 Å². The van der Waals surface area contributed by atoms with Gasteiger partial charge in [-0.3, -0.25) is 9.48 Å². The molecule has 4 heteroatoms. The number of carboxylic acid groups (broad SMARTS) is 1. The zero-order valence-corrected chi connectivity index (χ0v) is 11.2. The third-order valence-electron chi connectivity index (χ3n) is 3.47. The lowest BCUT2D eigenvalue weighted by atomic mass is 9.90. The highest BCUT2D eigenvalue weighted by molar-refractivity contribution is 5.76. The predicted molar refractivity (Wildman–Crippen MR) is 73.1 cm³/mol. The number of carbonyl (C=O) groups is 1. The Morgan fingerprint density at radius 3 is 2.68 bits per heavy atom. The van der Waals surface area contributed by atoms with Crippen molar-refractivity contribution in [2.75, 3.05) is 0 Å². The number of benzene rings is 1. The fourth-order valence-corrected chi connectivity index (χ4v) is 2.33. The lowest BCUT2D eigenvalue weighted by Crippen LogP contribution is -2.14. The zero-order valence-electron chi connectivity index (χ0n) is 11.2. The molecule has 0 radical (unpaired) electrons. The number of rotatable bonds is 5. The van der Waals surface area contributed by atoms with E-state index in [1.165, 1.54) is 0 Å². The van der Waals surface area contributed by atoms with Crippen LogP contribution >= 0.6 is 0 Å². The highest BCUT2D eigenvalue weighted by atomic mass is 16.4. The Hall–Kier alpha value is -2.10. The molecule has 0 aliphatic rings. The minimum Gasteiger partial charge on any atom is -0.481 e. The van der Waals surface area contributed by atoms with Crippen molar-refractivity contribution in [1.82, 2.24) is 9.78 Å². The highest BCUT2D eigenvalue weighted by Gasteiger charge is 2.21. The largest absolute Gasteiger partial charge is 0.481 e. The summed E-state index contributed by atoms with van der Waals surface area (Å²) in [7, 11) is 1.87. The van der Waals surface area contributed by atoms with Gasteiger partial charge in [-0.05, 0) is 37.0 Å². The number of hydrogen-bond donors (Lipinski definition) is 1. The standard InChI is InChI=1S/C15H18N2O2/c1-11-5-3-4-6-13(11)14(15(18)19)8-7-12-9-10-16-17(12)2/h3-6,9-10,14H,7-8H2,1-2H3,(H,18,19). The maximum absolute atomic E-state index is 11.5. The molecule has 0 saturated heterocycles. The molecule has 0 aliphatic carbocycles. The van der Waals surface area contributed by atoms with E-state index in [-0.39, 0.29) is 0 Å². The van der Waals surface area contributed by atoms with Crippen LogP contribution in [0.1, 0.15) is 29.2 Å². The molecule has 0 spiro atoms. The summed E-state index contributed by atoms with van der Waals surface area (Å²) in [5, 5.41) is 13.5. The van der Waals surface area contributed by atoms with E-state index < -0.39 is 11.9 Å². The number of nitrogens with zero attached hydrogens (tertiary/aromatic N) is 2. The first-order valence-corrected chi connectivity index (χ1v) is 6.35. The first-order valence-electron chi connectivity index (χ1n) is 6.35. The SMILES string of the molecule is Cc1ccccc1C(CCc1ccnn1C)C(=O)O. The van der Waals surface area contributed by atoms with Crippen LogP contribution in [0.15, 0.2) is 36.5 Å². The fourth-order valence-electron chi connectivity index (χ4n) is 2.33. The second kappa shape index (κ2) is 5.69. The molecule has 1 aromatic carbocycles. The van der Waals surface area contributed by atoms with Crippen LogP contribution in [0.5, 0.6) is 0 Å². The molecule has 2 aromatic rings. The molecule has 1 N–H and O–H groups in total. The van der Waals surface area contributed by atoms with Crippen molar-refractivity contribution >= 4 is 5.97 Å². The van der Waals surface area contributed by atoms with Gasteiger partial charge in [0.1, 0.15) is 0 Å². The predicted octanol–water partition coefficient (Wildman–Crippen LogP) is 2.53. The third-order valence-corrected chi connectivity index (χ3v) is 3.47. The van der Waals surface area contributed by atoms with Crippen molar-refractivity contribution in [2.24, 2.45) is 7.05 Å². The van der Waals surface area contributed by atoms with E-state index in [2.05, 4.69) is 5.10 Å². The molecule has 0 aliphatic heterocycles. The van der Waals surface area contributed by atoms with Crippen molar-refractivity contribution in [3.05, 3.63) is 53.3 Å². The molecule has 1 heterocycles. The molecule has 2 rings (SSSR count). The average Bonchev–Trinajstić information content (AvgIpc) is 2.77. The lowest BCUT2D eigenvalue weighted by molar-refractivity contribution is -0.139. The van der Waals surface area contributed by atoms with Gasteiger partial charge in [0.2, 0.25) is 0 Å². The van der Waals surface area contributed by atoms with Gasteiger partial charge in [-0.15, -0.1) is 0 Å². The van der Waals surface area contributed by atoms with Crippen molar-refractivity contribution in [3.8, 4) is 0 Å². The Balaban J connectivity index is 2.16. The van der Waals surface area contributed by atoms with Crippen molar-refractivity contribution in [1.29, 1.82) is 0 Å². The van der Waals surface area contributed by atoms with Crippen LogP contribution in [0.3, 0.4) is 0 Å². The molecule has 19 heavy (non-hydrogen) atoms. The van der Waals surface area contributed by atoms with Gasteiger partial charge in [-0.25, -0.2) is 0 Å². The van der Waals surface area contributed by atoms with Gasteiger partial charge >= 0.3 is 5.97 Å². The van der Waals surface area contributed by atoms with Gasteiger partial charge in [0.15, 0.2) is 0 Å². The minimum atomic E-state index is -0.767. The molecular formula is C15H18N2O2. The van der Waals surface area contributed by atoms with Crippen LogP contribution in [0.4, 0.5) is 0 Å². The molecule has 0 amide bonds. The summed E-state index contributed by atoms with van der Waals surface area (Å²) in [6, 6.07) is 9.60. The number of aliphatic carboxylic acids is 1. The fraction of sp³-hybridized carbons (Fsp3) is 0.333. The topological polar surface area (TPSA) is 55.1 Å². The van der Waals surface area contributed by atoms with Crippen molar-refractivity contribution in [2.45, 2.75) is 25.7 Å². The molecule has 1 aromatic heterocycles. The van der Waals surface area contributed by atoms with Gasteiger partial charge in [0.25, 0.3) is 0 Å². The molecule has 0 saturated carbocycles. The molecule has 4 nitrogen and oxygen atoms in total. The first-order chi connectivity index (χ1) is 9.09. The summed E-state index contributed by atoms with van der Waals surface area (Å²) in [5.74, 6) is -1.23. The molecule has 1 atom stereocenters. The average molecular weight is 258 g/mol. The number of aromatic nitrogens is 2. The smallest absolute Gasteiger partial charge is 0.310 e. The molecule has 1 unspecified atom stereocenters. The summed E-state index contributed by atoms with van der Waals surface area (Å²) in [6.45, 7) is 1.95. The monoisotopic (exact) mass is 258 g/mol. The minimum absolute atomic E-state index is 0.462. The Kier molecular flexibility index (Phi) is 4.00. The van der Waals surface area contributed by atoms with E-state index in [1.807, 2.05) is 44.3 Å². The first kappa shape index (κ1) is 13.3. The summed E-state index contributed by atoms with van der Waals surface area (Å²) in [5.41, 5.74) is 2.98. The lowest BCUT2D eigenvalue weighted by Gasteiger charge is -2.15. The molecule has 0 fully saturated rings. The third kappa shape index (κ3) is 3.02. The Morgan fingerprint density at radius 1 is 1.37 bits per heavy atom. The van der Waals surface area contributed by atoms with Crippen molar-refractivity contribution in [3.63, 3.8) is 0 Å². The second-order valence-electron chi connectivity index (χ2n) is 4.73. The van der Waals surface area contributed by atoms with Gasteiger partial charge < -0.3 is 5.11 Å². The highest BCUT2D eigenvalue weighted by Crippen LogP contribution is 2.25. The molecular weight excluding hydrogens is 240 g/mol. The maximum atomic E-state index is 11.5. The second-order valence-corrected chi connectivity index (χ2v) is 4.73. The van der Waals surface area contributed by atoms with Crippen LogP contribution < -0.4 is 0 Å². The quantitative estimate of drug-likeness (QED) is 0.896. The van der Waals surface area contributed by atoms with E-state index in [0.29, 0.717) is 12.8 Å². The summed E-state index contributed by atoms with van der Waals surface area (Å²) >= 11 is 0. The number of carboxylic acids is 1. The Morgan fingerprint density at radius 2 is 2.11 bits per heavy atom. The van der Waals surface area contributed by atoms with Crippen molar-refractivity contribution < 1.29 is 9.90 Å².